The van der Waals surface area contributed by atoms with Crippen molar-refractivity contribution >= 4 is 17.7 Å². The minimum atomic E-state index is -4.75. The number of rotatable bonds is 7. The first kappa shape index (κ1) is 28.6. The second-order valence-electron chi connectivity index (χ2n) is 10.9. The molecule has 2 fully saturated rings. The summed E-state index contributed by atoms with van der Waals surface area (Å²) in [4.78, 5) is 40.4. The van der Waals surface area contributed by atoms with Gasteiger partial charge in [-0.25, -0.2) is 0 Å². The number of fused-ring (bicyclic) bond motifs is 1. The van der Waals surface area contributed by atoms with Crippen LogP contribution in [0.5, 0.6) is 11.5 Å². The summed E-state index contributed by atoms with van der Waals surface area (Å²) in [6, 6.07) is 8.52. The molecule has 2 aromatic carbocycles. The summed E-state index contributed by atoms with van der Waals surface area (Å²) in [6.45, 7) is 1.53. The molecule has 0 aliphatic carbocycles. The largest absolute Gasteiger partial charge is 0.508 e. The van der Waals surface area contributed by atoms with Crippen LogP contribution in [0.3, 0.4) is 0 Å². The monoisotopic (exact) mass is 599 g/mol. The highest BCUT2D eigenvalue weighted by molar-refractivity contribution is 6.05. The van der Waals surface area contributed by atoms with Crippen molar-refractivity contribution in [2.75, 3.05) is 13.2 Å². The first-order valence-corrected chi connectivity index (χ1v) is 13.9. The molecule has 0 bridgehead atoms. The Morgan fingerprint density at radius 2 is 1.91 bits per heavy atom. The maximum atomic E-state index is 13.3. The van der Waals surface area contributed by atoms with Crippen LogP contribution in [0.2, 0.25) is 0 Å². The average molecular weight is 600 g/mol. The number of piperidine rings is 2. The van der Waals surface area contributed by atoms with E-state index in [9.17, 15) is 32.7 Å². The number of likely N-dealkylation sites (tertiary alicyclic amines) is 1. The number of benzene rings is 2. The lowest BCUT2D eigenvalue weighted by Crippen LogP contribution is -2.52. The Kier molecular flexibility index (Phi) is 7.50. The predicted octanol–water partition coefficient (Wildman–Crippen LogP) is 2.58. The van der Waals surface area contributed by atoms with Gasteiger partial charge in [-0.15, -0.1) is 5.10 Å². The number of tetrazole rings is 1. The number of ether oxygens (including phenoxy) is 1. The maximum absolute atomic E-state index is 13.3. The molecule has 3 aliphatic rings. The number of halogens is 3. The summed E-state index contributed by atoms with van der Waals surface area (Å²) in [5.41, 5.74) is 1.73. The number of imide groups is 1. The number of alkyl halides is 3. The van der Waals surface area contributed by atoms with Crippen LogP contribution in [-0.4, -0.2) is 78.1 Å². The molecule has 43 heavy (non-hydrogen) atoms. The smallest absolute Gasteiger partial charge is 0.453 e. The van der Waals surface area contributed by atoms with Crippen molar-refractivity contribution in [1.29, 1.82) is 0 Å². The van der Waals surface area contributed by atoms with Crippen molar-refractivity contribution in [3.8, 4) is 17.2 Å². The molecule has 1 unspecified atom stereocenters. The molecule has 2 saturated heterocycles. The highest BCUT2D eigenvalue weighted by atomic mass is 19.4. The lowest BCUT2D eigenvalue weighted by molar-refractivity contribution is -0.146. The summed E-state index contributed by atoms with van der Waals surface area (Å²) >= 11 is 0. The van der Waals surface area contributed by atoms with E-state index in [1.54, 1.807) is 18.2 Å². The van der Waals surface area contributed by atoms with E-state index in [1.807, 2.05) is 0 Å². The van der Waals surface area contributed by atoms with Crippen molar-refractivity contribution in [2.45, 2.75) is 63.5 Å². The third-order valence-corrected chi connectivity index (χ3v) is 8.09. The molecule has 0 saturated carbocycles. The van der Waals surface area contributed by atoms with Crippen LogP contribution in [0.25, 0.3) is 5.69 Å². The van der Waals surface area contributed by atoms with E-state index in [0.29, 0.717) is 34.7 Å². The van der Waals surface area contributed by atoms with Gasteiger partial charge in [-0.1, -0.05) is 6.42 Å². The number of carbonyl (C=O) groups is 3. The second kappa shape index (κ2) is 11.3. The molecule has 0 radical (unpaired) electrons. The van der Waals surface area contributed by atoms with Gasteiger partial charge in [-0.3, -0.25) is 24.6 Å². The third kappa shape index (κ3) is 5.76. The highest BCUT2D eigenvalue weighted by Crippen LogP contribution is 2.32. The minimum Gasteiger partial charge on any atom is -0.508 e. The van der Waals surface area contributed by atoms with Gasteiger partial charge in [-0.2, -0.15) is 17.9 Å². The zero-order valence-corrected chi connectivity index (χ0v) is 22.9. The van der Waals surface area contributed by atoms with Crippen LogP contribution in [-0.2, 0) is 28.9 Å². The van der Waals surface area contributed by atoms with Crippen LogP contribution in [0.4, 0.5) is 13.2 Å². The fraction of sp³-hybridized carbons (Fsp3) is 0.429. The van der Waals surface area contributed by atoms with Gasteiger partial charge in [0.05, 0.1) is 5.69 Å². The molecular formula is C28H28F3N7O5. The standard InChI is InChI=1S/C28H28F3N7O5/c29-28(30,31)27-33-34-35-38(27)18-4-8-23(39)17(11-18)13-36-10-2-1-3-19(36)15-43-20-5-6-21-16(12-20)14-37(26(21)42)22-7-9-24(40)32-25(22)41/h4-6,8,11-12,19,22,39H,1-3,7,9-10,13-15H2,(H,32,40,41)/t19-,22?/m0/s1. The first-order chi connectivity index (χ1) is 20.6. The summed E-state index contributed by atoms with van der Waals surface area (Å²) in [7, 11) is 0. The van der Waals surface area contributed by atoms with Gasteiger partial charge in [0.15, 0.2) is 0 Å². The van der Waals surface area contributed by atoms with Crippen LogP contribution in [0.15, 0.2) is 36.4 Å². The van der Waals surface area contributed by atoms with Crippen LogP contribution < -0.4 is 10.1 Å². The number of phenolic OH excluding ortho intramolecular Hbond substituents is 1. The molecule has 3 aromatic rings. The van der Waals surface area contributed by atoms with E-state index in [-0.39, 0.29) is 55.2 Å². The molecule has 1 aromatic heterocycles. The molecule has 226 valence electrons. The Morgan fingerprint density at radius 1 is 1.07 bits per heavy atom. The second-order valence-corrected chi connectivity index (χ2v) is 10.9. The zero-order valence-electron chi connectivity index (χ0n) is 22.9. The van der Waals surface area contributed by atoms with E-state index >= 15 is 0 Å². The number of amides is 3. The molecule has 2 N–H and O–H groups in total. The summed E-state index contributed by atoms with van der Waals surface area (Å²) in [6.07, 6.45) is -1.58. The number of nitrogens with one attached hydrogen (secondary N) is 1. The van der Waals surface area contributed by atoms with Crippen LogP contribution in [0, 0.1) is 0 Å². The fourth-order valence-electron chi connectivity index (χ4n) is 5.88. The van der Waals surface area contributed by atoms with Crippen molar-refractivity contribution < 1.29 is 37.4 Å². The van der Waals surface area contributed by atoms with Crippen molar-refractivity contribution in [3.05, 3.63) is 58.9 Å². The van der Waals surface area contributed by atoms with E-state index in [1.165, 1.54) is 23.1 Å². The van der Waals surface area contributed by atoms with Gasteiger partial charge < -0.3 is 14.7 Å². The average Bonchev–Trinajstić information content (AvgIpc) is 3.59. The Bertz CT molecular complexity index is 1580. The van der Waals surface area contributed by atoms with Gasteiger partial charge in [0.1, 0.15) is 24.1 Å². The minimum absolute atomic E-state index is 0.0366. The Morgan fingerprint density at radius 3 is 2.70 bits per heavy atom. The van der Waals surface area contributed by atoms with E-state index < -0.39 is 23.9 Å². The number of aromatic nitrogens is 4. The van der Waals surface area contributed by atoms with Crippen molar-refractivity contribution in [3.63, 3.8) is 0 Å². The molecule has 0 spiro atoms. The molecule has 2 atom stereocenters. The maximum Gasteiger partial charge on any atom is 0.453 e. The lowest BCUT2D eigenvalue weighted by Gasteiger charge is -2.35. The number of hydrogen-bond acceptors (Lipinski definition) is 9. The molecule has 3 aliphatic heterocycles. The van der Waals surface area contributed by atoms with E-state index in [4.69, 9.17) is 4.74 Å². The Labute approximate surface area is 243 Å². The number of nitrogens with zero attached hydrogens (tertiary/aromatic N) is 6. The van der Waals surface area contributed by atoms with Crippen LogP contribution >= 0.6 is 0 Å². The lowest BCUT2D eigenvalue weighted by atomic mass is 10.0. The van der Waals surface area contributed by atoms with Crippen molar-refractivity contribution in [1.82, 2.24) is 35.3 Å². The zero-order chi connectivity index (χ0) is 30.3. The number of aromatic hydroxyl groups is 1. The molecule has 15 heteroatoms. The molecule has 12 nitrogen and oxygen atoms in total. The predicted molar refractivity (Wildman–Crippen MR) is 142 cm³/mol. The van der Waals surface area contributed by atoms with E-state index in [0.717, 1.165) is 24.8 Å². The summed E-state index contributed by atoms with van der Waals surface area (Å²) in [5.74, 6) is -1.83. The molecular weight excluding hydrogens is 571 g/mol. The Balaban J connectivity index is 1.13. The topological polar surface area (TPSA) is 143 Å². The van der Waals surface area contributed by atoms with Gasteiger partial charge in [0.2, 0.25) is 11.8 Å². The van der Waals surface area contributed by atoms with Gasteiger partial charge >= 0.3 is 6.18 Å². The van der Waals surface area contributed by atoms with E-state index in [2.05, 4.69) is 25.7 Å². The highest BCUT2D eigenvalue weighted by Gasteiger charge is 2.40. The normalized spacial score (nSPS) is 21.2. The molecule has 6 rings (SSSR count). The summed E-state index contributed by atoms with van der Waals surface area (Å²) in [5, 5.41) is 22.6. The quantitative estimate of drug-likeness (QED) is 0.392. The van der Waals surface area contributed by atoms with Gasteiger partial charge in [0, 0.05) is 36.7 Å². The molecule has 3 amide bonds. The Hall–Kier alpha value is -4.53. The SMILES string of the molecule is O=C1CCC(N2Cc3cc(OC[C@@H]4CCCCN4Cc4cc(-n5nnnc5C(F)(F)F)ccc4O)ccc3C2=O)C(=O)N1. The first-order valence-electron chi connectivity index (χ1n) is 13.9. The summed E-state index contributed by atoms with van der Waals surface area (Å²) < 4.78 is 46.8. The third-order valence-electron chi connectivity index (χ3n) is 8.09. The fourth-order valence-corrected chi connectivity index (χ4v) is 5.88. The molecule has 4 heterocycles. The number of carbonyl (C=O) groups excluding carboxylic acids is 3. The number of phenols is 1. The van der Waals surface area contributed by atoms with Gasteiger partial charge in [-0.05, 0) is 78.2 Å². The van der Waals surface area contributed by atoms with Crippen molar-refractivity contribution in [2.24, 2.45) is 0 Å². The number of hydrogen-bond donors (Lipinski definition) is 2. The van der Waals surface area contributed by atoms with Crippen LogP contribution in [0.1, 0.15) is 59.4 Å². The van der Waals surface area contributed by atoms with Gasteiger partial charge in [0.25, 0.3) is 11.7 Å².